The van der Waals surface area contributed by atoms with Gasteiger partial charge in [-0.2, -0.15) is 0 Å². The zero-order chi connectivity index (χ0) is 32.5. The molecule has 2 aromatic rings. The molecule has 0 fully saturated rings. The van der Waals surface area contributed by atoms with Crippen molar-refractivity contribution in [1.29, 1.82) is 0 Å². The van der Waals surface area contributed by atoms with E-state index in [1.807, 2.05) is 23.5 Å². The first kappa shape index (κ1) is 36.4. The van der Waals surface area contributed by atoms with Gasteiger partial charge in [-0.1, -0.05) is 89.2 Å². The summed E-state index contributed by atoms with van der Waals surface area (Å²) in [5.41, 5.74) is 3.67. The average Bonchev–Trinajstić information content (AvgIpc) is 2.76. The maximum atomic E-state index is 11.2. The fourth-order valence-corrected chi connectivity index (χ4v) is 7.85. The molecule has 4 nitrogen and oxygen atoms in total. The SMILES string of the molecule is CC(C)(Sc1cc(C(C)(C)C)c(O)c(C(C)(C)C)c1)Sc1ccc(C(C)(C)C)c(OCCCCC(=O)O)c1C(C)(C)C. The van der Waals surface area contributed by atoms with E-state index in [0.717, 1.165) is 21.8 Å². The molecule has 2 N–H and O–H groups in total. The van der Waals surface area contributed by atoms with Gasteiger partial charge in [-0.05, 0) is 72.1 Å². The number of carboxylic acid groups (broad SMARTS) is 1. The number of phenolic OH excluding ortho intramolecular Hbond substituents is 1. The first-order valence-electron chi connectivity index (χ1n) is 15.1. The number of aromatic hydroxyl groups is 1. The van der Waals surface area contributed by atoms with Crippen molar-refractivity contribution in [2.75, 3.05) is 6.61 Å². The fraction of sp³-hybridized carbons (Fsp3) is 0.639. The lowest BCUT2D eigenvalue weighted by molar-refractivity contribution is -0.137. The molecule has 0 aliphatic carbocycles. The van der Waals surface area contributed by atoms with Crippen LogP contribution in [0.3, 0.4) is 0 Å². The van der Waals surface area contributed by atoms with Crippen LogP contribution in [-0.4, -0.2) is 26.9 Å². The number of unbranched alkanes of at least 4 members (excludes halogenated alkanes) is 1. The zero-order valence-corrected chi connectivity index (χ0v) is 30.3. The number of aliphatic carboxylic acids is 1. The molecule has 0 aliphatic rings. The second kappa shape index (κ2) is 13.1. The highest BCUT2D eigenvalue weighted by molar-refractivity contribution is 8.18. The van der Waals surface area contributed by atoms with Crippen molar-refractivity contribution >= 4 is 29.5 Å². The van der Waals surface area contributed by atoms with Gasteiger partial charge >= 0.3 is 5.97 Å². The van der Waals surface area contributed by atoms with E-state index in [1.54, 1.807) is 0 Å². The number of carbonyl (C=O) groups is 1. The van der Waals surface area contributed by atoms with Gasteiger partial charge in [0.1, 0.15) is 11.5 Å². The lowest BCUT2D eigenvalue weighted by Crippen LogP contribution is -2.22. The largest absolute Gasteiger partial charge is 0.507 e. The molecule has 0 saturated heterocycles. The molecule has 6 heteroatoms. The van der Waals surface area contributed by atoms with Gasteiger partial charge in [-0.25, -0.2) is 0 Å². The van der Waals surface area contributed by atoms with Crippen molar-refractivity contribution in [3.63, 3.8) is 0 Å². The molecule has 2 rings (SSSR count). The summed E-state index contributed by atoms with van der Waals surface area (Å²) < 4.78 is 6.34. The van der Waals surface area contributed by atoms with Gasteiger partial charge in [0, 0.05) is 32.9 Å². The average molecular weight is 617 g/mol. The smallest absolute Gasteiger partial charge is 0.303 e. The summed E-state index contributed by atoms with van der Waals surface area (Å²) >= 11 is 3.68. The van der Waals surface area contributed by atoms with E-state index < -0.39 is 5.97 Å². The molecule has 0 amide bonds. The van der Waals surface area contributed by atoms with Gasteiger partial charge in [0.25, 0.3) is 0 Å². The van der Waals surface area contributed by atoms with E-state index >= 15 is 0 Å². The van der Waals surface area contributed by atoms with Crippen molar-refractivity contribution < 1.29 is 19.7 Å². The van der Waals surface area contributed by atoms with Gasteiger partial charge in [0.2, 0.25) is 0 Å². The van der Waals surface area contributed by atoms with E-state index in [2.05, 4.69) is 121 Å². The predicted octanol–water partition coefficient (Wildman–Crippen LogP) is 10.8. The molecular weight excluding hydrogens is 561 g/mol. The molecule has 0 aliphatic heterocycles. The van der Waals surface area contributed by atoms with Crippen LogP contribution in [0.15, 0.2) is 34.1 Å². The highest BCUT2D eigenvalue weighted by Gasteiger charge is 2.34. The highest BCUT2D eigenvalue weighted by atomic mass is 32.2. The van der Waals surface area contributed by atoms with E-state index in [0.29, 0.717) is 25.2 Å². The van der Waals surface area contributed by atoms with Crippen molar-refractivity contribution in [2.45, 2.75) is 152 Å². The van der Waals surface area contributed by atoms with Crippen LogP contribution < -0.4 is 4.74 Å². The molecule has 0 bridgehead atoms. The molecule has 2 aromatic carbocycles. The predicted molar refractivity (Wildman–Crippen MR) is 182 cm³/mol. The Hall–Kier alpha value is -1.79. The number of thioether (sulfide) groups is 2. The van der Waals surface area contributed by atoms with E-state index in [-0.39, 0.29) is 32.2 Å². The quantitative estimate of drug-likeness (QED) is 0.157. The van der Waals surface area contributed by atoms with Crippen LogP contribution >= 0.6 is 23.5 Å². The number of benzene rings is 2. The number of ether oxygens (including phenoxy) is 1. The Morgan fingerprint density at radius 1 is 0.714 bits per heavy atom. The van der Waals surface area contributed by atoms with Crippen LogP contribution in [0, 0.1) is 0 Å². The van der Waals surface area contributed by atoms with E-state index in [4.69, 9.17) is 9.84 Å². The standard InChI is InChI=1S/C36H56O4S2/c1-32(2,3)24-18-19-27(29(35(10,11)12)31(24)40-20-16-15-17-28(37)38)42-36(13,14)41-23-21-25(33(4,5)6)30(39)26(22-23)34(7,8)9/h18-19,21-22,39H,15-17,20H2,1-14H3,(H,37,38). The third-order valence-corrected chi connectivity index (χ3v) is 9.64. The van der Waals surface area contributed by atoms with Gasteiger partial charge in [0.05, 0.1) is 10.7 Å². The monoisotopic (exact) mass is 616 g/mol. The van der Waals surface area contributed by atoms with Crippen LogP contribution in [0.5, 0.6) is 11.5 Å². The van der Waals surface area contributed by atoms with Gasteiger partial charge in [-0.15, -0.1) is 23.5 Å². The summed E-state index contributed by atoms with van der Waals surface area (Å²) in [5, 5.41) is 20.3. The fourth-order valence-electron chi connectivity index (χ4n) is 5.03. The summed E-state index contributed by atoms with van der Waals surface area (Å²) in [4.78, 5) is 13.4. The van der Waals surface area contributed by atoms with Gasteiger partial charge in [-0.3, -0.25) is 4.79 Å². The Kier molecular flexibility index (Phi) is 11.3. The number of carboxylic acids is 1. The van der Waals surface area contributed by atoms with Crippen LogP contribution in [0.1, 0.15) is 138 Å². The molecule has 0 radical (unpaired) electrons. The lowest BCUT2D eigenvalue weighted by atomic mass is 9.79. The third-order valence-electron chi connectivity index (χ3n) is 7.13. The van der Waals surface area contributed by atoms with Gasteiger partial charge < -0.3 is 14.9 Å². The number of hydrogen-bond donors (Lipinski definition) is 2. The van der Waals surface area contributed by atoms with Crippen LogP contribution in [0.2, 0.25) is 0 Å². The highest BCUT2D eigenvalue weighted by Crippen LogP contribution is 2.52. The Bertz CT molecular complexity index is 1210. The Morgan fingerprint density at radius 3 is 1.64 bits per heavy atom. The first-order valence-corrected chi connectivity index (χ1v) is 16.8. The summed E-state index contributed by atoms with van der Waals surface area (Å²) in [6.07, 6.45) is 1.46. The van der Waals surface area contributed by atoms with Crippen LogP contribution in [-0.2, 0) is 26.5 Å². The minimum atomic E-state index is -0.767. The lowest BCUT2D eigenvalue weighted by Gasteiger charge is -2.34. The third kappa shape index (κ3) is 9.87. The topological polar surface area (TPSA) is 66.8 Å². The second-order valence-electron chi connectivity index (χ2n) is 16.0. The number of hydrogen-bond acceptors (Lipinski definition) is 5. The van der Waals surface area contributed by atoms with Crippen LogP contribution in [0.25, 0.3) is 0 Å². The van der Waals surface area contributed by atoms with Crippen LogP contribution in [0.4, 0.5) is 0 Å². The van der Waals surface area contributed by atoms with Crippen molar-refractivity contribution in [2.24, 2.45) is 0 Å². The van der Waals surface area contributed by atoms with Gasteiger partial charge in [0.15, 0.2) is 0 Å². The minimum absolute atomic E-state index is 0.109. The van der Waals surface area contributed by atoms with E-state index in [1.165, 1.54) is 16.0 Å². The molecule has 0 heterocycles. The number of phenols is 1. The molecule has 0 unspecified atom stereocenters. The molecule has 0 atom stereocenters. The van der Waals surface area contributed by atoms with Crippen molar-refractivity contribution in [1.82, 2.24) is 0 Å². The Balaban J connectivity index is 2.58. The maximum Gasteiger partial charge on any atom is 0.303 e. The first-order chi connectivity index (χ1) is 18.8. The molecule has 42 heavy (non-hydrogen) atoms. The Labute approximate surface area is 264 Å². The summed E-state index contributed by atoms with van der Waals surface area (Å²) in [5.74, 6) is 0.574. The Morgan fingerprint density at radius 2 is 1.21 bits per heavy atom. The van der Waals surface area contributed by atoms with Crippen molar-refractivity contribution in [3.8, 4) is 11.5 Å². The maximum absolute atomic E-state index is 11.2. The van der Waals surface area contributed by atoms with E-state index in [9.17, 15) is 9.90 Å². The molecular formula is C36H56O4S2. The molecule has 0 aromatic heterocycles. The van der Waals surface area contributed by atoms with Crippen molar-refractivity contribution in [3.05, 3.63) is 46.5 Å². The zero-order valence-electron chi connectivity index (χ0n) is 28.7. The normalized spacial score (nSPS) is 13.4. The summed E-state index contributed by atoms with van der Waals surface area (Å²) in [7, 11) is 0. The second-order valence-corrected chi connectivity index (χ2v) is 19.6. The molecule has 0 saturated carbocycles. The minimum Gasteiger partial charge on any atom is -0.507 e. The molecule has 0 spiro atoms. The molecule has 236 valence electrons. The number of rotatable bonds is 10. The summed E-state index contributed by atoms with van der Waals surface area (Å²) in [6.45, 7) is 31.3. The summed E-state index contributed by atoms with van der Waals surface area (Å²) in [6, 6.07) is 8.79.